The zero-order valence-corrected chi connectivity index (χ0v) is 14.5. The van der Waals surface area contributed by atoms with Gasteiger partial charge in [-0.15, -0.1) is 12.4 Å². The molecular formula is C12H22ClN3O4S. The van der Waals surface area contributed by atoms with Crippen LogP contribution in [0, 0.1) is 6.92 Å². The highest BCUT2D eigenvalue weighted by molar-refractivity contribution is 7.88. The largest absolute Gasteiger partial charge is 0.448 e. The fourth-order valence-corrected chi connectivity index (χ4v) is 2.42. The smallest absolute Gasteiger partial charge is 0.275 e. The standard InChI is InChI=1S/C12H21N3O4S.ClH/c1-9-10(12(16)15(5)7-6-13-2)8-11(19-9)20(17,18)14(3)4;/h8,13H,6-7H2,1-5H3;1H. The molecular weight excluding hydrogens is 318 g/mol. The van der Waals surface area contributed by atoms with Gasteiger partial charge in [0.05, 0.1) is 5.56 Å². The number of rotatable bonds is 6. The van der Waals surface area contributed by atoms with Crippen LogP contribution in [0.2, 0.25) is 0 Å². The minimum absolute atomic E-state index is 0. The first-order valence-electron chi connectivity index (χ1n) is 6.14. The summed E-state index contributed by atoms with van der Waals surface area (Å²) >= 11 is 0. The zero-order valence-electron chi connectivity index (χ0n) is 12.8. The van der Waals surface area contributed by atoms with Crippen LogP contribution in [-0.4, -0.2) is 64.8 Å². The molecule has 1 heterocycles. The molecule has 0 aliphatic rings. The second-order valence-corrected chi connectivity index (χ2v) is 6.74. The first-order valence-corrected chi connectivity index (χ1v) is 7.58. The number of nitrogens with one attached hydrogen (secondary N) is 1. The fourth-order valence-electron chi connectivity index (χ4n) is 1.56. The third kappa shape index (κ3) is 4.44. The topological polar surface area (TPSA) is 82.9 Å². The predicted octanol–water partition coefficient (Wildman–Crippen LogP) is 0.552. The van der Waals surface area contributed by atoms with Crippen molar-refractivity contribution in [1.82, 2.24) is 14.5 Å². The SMILES string of the molecule is CNCCN(C)C(=O)c1cc(S(=O)(=O)N(C)C)oc1C.Cl. The van der Waals surface area contributed by atoms with Crippen LogP contribution in [0.5, 0.6) is 0 Å². The molecule has 0 fully saturated rings. The Labute approximate surface area is 131 Å². The highest BCUT2D eigenvalue weighted by Gasteiger charge is 2.26. The summed E-state index contributed by atoms with van der Waals surface area (Å²) in [5, 5.41) is 2.73. The molecule has 0 bridgehead atoms. The molecule has 1 aromatic heterocycles. The number of carbonyl (C=O) groups is 1. The molecule has 0 aliphatic heterocycles. The summed E-state index contributed by atoms with van der Waals surface area (Å²) < 4.78 is 30.2. The van der Waals surface area contributed by atoms with Gasteiger partial charge in [-0.1, -0.05) is 0 Å². The van der Waals surface area contributed by atoms with Gasteiger partial charge >= 0.3 is 0 Å². The van der Waals surface area contributed by atoms with Crippen molar-refractivity contribution >= 4 is 28.3 Å². The van der Waals surface area contributed by atoms with E-state index in [0.717, 1.165) is 4.31 Å². The molecule has 1 aromatic rings. The van der Waals surface area contributed by atoms with Crippen LogP contribution < -0.4 is 5.32 Å². The van der Waals surface area contributed by atoms with Gasteiger partial charge in [0, 0.05) is 40.3 Å². The maximum atomic E-state index is 12.2. The van der Waals surface area contributed by atoms with Gasteiger partial charge in [0.1, 0.15) is 5.76 Å². The van der Waals surface area contributed by atoms with E-state index in [1.54, 1.807) is 21.0 Å². The summed E-state index contributed by atoms with van der Waals surface area (Å²) in [5.41, 5.74) is 0.268. The number of halogens is 1. The molecule has 1 N–H and O–H groups in total. The normalized spacial score (nSPS) is 11.3. The number of carbonyl (C=O) groups excluding carboxylic acids is 1. The summed E-state index contributed by atoms with van der Waals surface area (Å²) in [6.07, 6.45) is 0. The van der Waals surface area contributed by atoms with Gasteiger partial charge < -0.3 is 14.6 Å². The van der Waals surface area contributed by atoms with Gasteiger partial charge in [0.15, 0.2) is 0 Å². The lowest BCUT2D eigenvalue weighted by atomic mass is 10.2. The number of aryl methyl sites for hydroxylation is 1. The summed E-state index contributed by atoms with van der Waals surface area (Å²) in [6, 6.07) is 1.28. The van der Waals surface area contributed by atoms with Crippen molar-refractivity contribution in [2.45, 2.75) is 12.0 Å². The lowest BCUT2D eigenvalue weighted by Crippen LogP contribution is -2.32. The van der Waals surface area contributed by atoms with Crippen molar-refractivity contribution in [2.75, 3.05) is 41.3 Å². The van der Waals surface area contributed by atoms with Crippen LogP contribution in [0.1, 0.15) is 16.1 Å². The van der Waals surface area contributed by atoms with E-state index in [2.05, 4.69) is 5.32 Å². The van der Waals surface area contributed by atoms with Crippen LogP contribution in [0.15, 0.2) is 15.6 Å². The van der Waals surface area contributed by atoms with Crippen LogP contribution in [0.4, 0.5) is 0 Å². The Bertz CT molecular complexity index is 583. The van der Waals surface area contributed by atoms with E-state index in [4.69, 9.17) is 4.42 Å². The quantitative estimate of drug-likeness (QED) is 0.818. The molecule has 0 saturated carbocycles. The monoisotopic (exact) mass is 339 g/mol. The maximum Gasteiger partial charge on any atom is 0.275 e. The second-order valence-electron chi connectivity index (χ2n) is 4.65. The van der Waals surface area contributed by atoms with Gasteiger partial charge in [0.2, 0.25) is 5.09 Å². The van der Waals surface area contributed by atoms with Crippen molar-refractivity contribution in [3.05, 3.63) is 17.4 Å². The Kier molecular flexibility index (Phi) is 7.38. The average molecular weight is 340 g/mol. The molecule has 0 spiro atoms. The molecule has 0 radical (unpaired) electrons. The van der Waals surface area contributed by atoms with Crippen molar-refractivity contribution in [1.29, 1.82) is 0 Å². The van der Waals surface area contributed by atoms with E-state index in [9.17, 15) is 13.2 Å². The van der Waals surface area contributed by atoms with Crippen LogP contribution in [0.3, 0.4) is 0 Å². The maximum absolute atomic E-state index is 12.2. The minimum atomic E-state index is -3.67. The van der Waals surface area contributed by atoms with Gasteiger partial charge in [-0.05, 0) is 14.0 Å². The Balaban J connectivity index is 0.00000400. The molecule has 21 heavy (non-hydrogen) atoms. The first kappa shape index (κ1) is 19.9. The number of likely N-dealkylation sites (N-methyl/N-ethyl adjacent to an activating group) is 2. The van der Waals surface area contributed by atoms with Crippen molar-refractivity contribution < 1.29 is 17.6 Å². The van der Waals surface area contributed by atoms with E-state index >= 15 is 0 Å². The van der Waals surface area contributed by atoms with Gasteiger partial charge in [-0.2, -0.15) is 0 Å². The zero-order chi connectivity index (χ0) is 15.5. The molecule has 1 amide bonds. The second kappa shape index (κ2) is 7.79. The van der Waals surface area contributed by atoms with Gasteiger partial charge in [-0.3, -0.25) is 4.79 Å². The number of hydrogen-bond acceptors (Lipinski definition) is 5. The Hall–Kier alpha value is -1.09. The number of sulfonamides is 1. The molecule has 122 valence electrons. The molecule has 1 rings (SSSR count). The molecule has 0 saturated heterocycles. The average Bonchev–Trinajstić information content (AvgIpc) is 2.77. The van der Waals surface area contributed by atoms with E-state index in [1.807, 2.05) is 0 Å². The summed E-state index contributed by atoms with van der Waals surface area (Å²) in [4.78, 5) is 13.7. The molecule has 0 atom stereocenters. The van der Waals surface area contributed by atoms with Gasteiger partial charge in [0.25, 0.3) is 15.9 Å². The molecule has 0 aliphatic carbocycles. The number of furan rings is 1. The highest BCUT2D eigenvalue weighted by Crippen LogP contribution is 2.22. The molecule has 9 heteroatoms. The lowest BCUT2D eigenvalue weighted by Gasteiger charge is -2.16. The fraction of sp³-hybridized carbons (Fsp3) is 0.583. The van der Waals surface area contributed by atoms with E-state index in [-0.39, 0.29) is 29.0 Å². The first-order chi connectivity index (χ1) is 9.21. The number of hydrogen-bond donors (Lipinski definition) is 1. The number of amides is 1. The van der Waals surface area contributed by atoms with Crippen LogP contribution >= 0.6 is 12.4 Å². The van der Waals surface area contributed by atoms with Crippen molar-refractivity contribution in [2.24, 2.45) is 0 Å². The van der Waals surface area contributed by atoms with Gasteiger partial charge in [-0.25, -0.2) is 12.7 Å². The lowest BCUT2D eigenvalue weighted by molar-refractivity contribution is 0.0795. The Morgan fingerprint density at radius 2 is 1.90 bits per heavy atom. The van der Waals surface area contributed by atoms with E-state index in [1.165, 1.54) is 25.1 Å². The third-order valence-corrected chi connectivity index (χ3v) is 4.58. The molecule has 7 nitrogen and oxygen atoms in total. The summed E-state index contributed by atoms with van der Waals surface area (Å²) in [6.45, 7) is 2.76. The third-order valence-electron chi connectivity index (χ3n) is 2.90. The summed E-state index contributed by atoms with van der Waals surface area (Å²) in [5.74, 6) is 0.0356. The molecule has 0 aromatic carbocycles. The summed E-state index contributed by atoms with van der Waals surface area (Å²) in [7, 11) is 2.60. The molecule has 0 unspecified atom stereocenters. The minimum Gasteiger partial charge on any atom is -0.448 e. The highest BCUT2D eigenvalue weighted by atomic mass is 35.5. The Morgan fingerprint density at radius 1 is 1.33 bits per heavy atom. The Morgan fingerprint density at radius 3 is 2.38 bits per heavy atom. The van der Waals surface area contributed by atoms with Crippen molar-refractivity contribution in [3.8, 4) is 0 Å². The van der Waals surface area contributed by atoms with E-state index in [0.29, 0.717) is 18.8 Å². The predicted molar refractivity (Wildman–Crippen MR) is 82.5 cm³/mol. The van der Waals surface area contributed by atoms with Crippen LogP contribution in [0.25, 0.3) is 0 Å². The number of nitrogens with zero attached hydrogens (tertiary/aromatic N) is 2. The van der Waals surface area contributed by atoms with E-state index < -0.39 is 10.0 Å². The van der Waals surface area contributed by atoms with Crippen molar-refractivity contribution in [3.63, 3.8) is 0 Å². The van der Waals surface area contributed by atoms with Crippen LogP contribution in [-0.2, 0) is 10.0 Å².